The van der Waals surface area contributed by atoms with E-state index in [1.165, 1.54) is 7.11 Å². The molecule has 0 radical (unpaired) electrons. The van der Waals surface area contributed by atoms with Crippen molar-refractivity contribution in [2.75, 3.05) is 20.3 Å². The van der Waals surface area contributed by atoms with Crippen molar-refractivity contribution in [3.63, 3.8) is 0 Å². The Bertz CT molecular complexity index is 417. The van der Waals surface area contributed by atoms with Gasteiger partial charge in [-0.15, -0.1) is 0 Å². The van der Waals surface area contributed by atoms with Crippen molar-refractivity contribution >= 4 is 11.6 Å². The molecule has 1 aliphatic carbocycles. The topological polar surface area (TPSA) is 72.6 Å². The number of hydrogen-bond acceptors (Lipinski definition) is 6. The Labute approximate surface area is 116 Å². The zero-order valence-corrected chi connectivity index (χ0v) is 12.0. The number of aliphatic hydroxyl groups excluding tert-OH is 1. The normalized spacial score (nSPS) is 26.3. The van der Waals surface area contributed by atoms with Crippen LogP contribution < -0.4 is 21.9 Å². The van der Waals surface area contributed by atoms with E-state index in [-0.39, 0.29) is 12.5 Å². The molecule has 1 saturated heterocycles. The molecule has 100 valence electrons. The van der Waals surface area contributed by atoms with E-state index >= 15 is 0 Å². The third-order valence-corrected chi connectivity index (χ3v) is 3.75. The van der Waals surface area contributed by atoms with E-state index < -0.39 is 21.9 Å². The van der Waals surface area contributed by atoms with E-state index in [9.17, 15) is 0 Å². The van der Waals surface area contributed by atoms with Gasteiger partial charge in [0.1, 0.15) is 0 Å². The molecule has 0 saturated carbocycles. The number of allylic oxidation sites excluding steroid dienone is 4. The standard InChI is InChI=1S/C11H14IN2O4/c1-16-14-10-8-4-2-3-5-9(8)18-11(10)13-12-17-7-6-15/h2-3,5,8,15H,4,6-7H2,1H3/q-1/b13-11?,14-10-. The third-order valence-electron chi connectivity index (χ3n) is 2.39. The van der Waals surface area contributed by atoms with E-state index in [4.69, 9.17) is 17.7 Å². The van der Waals surface area contributed by atoms with Crippen molar-refractivity contribution in [3.05, 3.63) is 24.0 Å². The zero-order chi connectivity index (χ0) is 12.8. The number of hydrogen-bond donors (Lipinski definition) is 1. The van der Waals surface area contributed by atoms with Crippen LogP contribution in [0.15, 0.2) is 32.3 Å². The van der Waals surface area contributed by atoms with Crippen molar-refractivity contribution < 1.29 is 39.6 Å². The first-order valence-corrected chi connectivity index (χ1v) is 7.32. The van der Waals surface area contributed by atoms with Gasteiger partial charge in [-0.25, -0.2) is 0 Å². The Morgan fingerprint density at radius 1 is 1.61 bits per heavy atom. The molecule has 1 fully saturated rings. The SMILES string of the molecule is CO/N=C1\C(=N[I-]OCCO)OC2=CC=CCC21. The second-order valence-corrected chi connectivity index (χ2v) is 5.04. The molecule has 2 aliphatic rings. The van der Waals surface area contributed by atoms with E-state index in [1.54, 1.807) is 0 Å². The molecule has 1 unspecified atom stereocenters. The van der Waals surface area contributed by atoms with Crippen LogP contribution in [0.4, 0.5) is 0 Å². The first kappa shape index (κ1) is 13.5. The molecular formula is C11H14IN2O4-. The fourth-order valence-electron chi connectivity index (χ4n) is 1.66. The monoisotopic (exact) mass is 365 g/mol. The molecule has 1 atom stereocenters. The number of ether oxygens (including phenoxy) is 1. The molecule has 0 aromatic heterocycles. The molecule has 0 aromatic rings. The van der Waals surface area contributed by atoms with Crippen LogP contribution in [0.3, 0.4) is 0 Å². The van der Waals surface area contributed by atoms with Crippen molar-refractivity contribution in [1.29, 1.82) is 0 Å². The average molecular weight is 365 g/mol. The number of nitrogens with zero attached hydrogens (tertiary/aromatic N) is 2. The van der Waals surface area contributed by atoms with Gasteiger partial charge in [0.2, 0.25) is 0 Å². The van der Waals surface area contributed by atoms with Gasteiger partial charge in [0.25, 0.3) is 0 Å². The Hall–Kier alpha value is -0.930. The fourth-order valence-corrected chi connectivity index (χ4v) is 2.72. The van der Waals surface area contributed by atoms with Gasteiger partial charge in [0.15, 0.2) is 0 Å². The van der Waals surface area contributed by atoms with Crippen molar-refractivity contribution in [1.82, 2.24) is 0 Å². The van der Waals surface area contributed by atoms with E-state index in [0.29, 0.717) is 18.2 Å². The van der Waals surface area contributed by atoms with Gasteiger partial charge in [-0.05, 0) is 0 Å². The van der Waals surface area contributed by atoms with Gasteiger partial charge >= 0.3 is 116 Å². The fraction of sp³-hybridized carbons (Fsp3) is 0.455. The summed E-state index contributed by atoms with van der Waals surface area (Å²) in [5.74, 6) is 1.41. The molecule has 7 heteroatoms. The number of rotatable bonds is 5. The van der Waals surface area contributed by atoms with Gasteiger partial charge in [-0.3, -0.25) is 0 Å². The van der Waals surface area contributed by atoms with Crippen molar-refractivity contribution in [3.8, 4) is 0 Å². The Balaban J connectivity index is 2.08. The molecule has 0 amide bonds. The summed E-state index contributed by atoms with van der Waals surface area (Å²) < 4.78 is 15.1. The summed E-state index contributed by atoms with van der Waals surface area (Å²) in [6.07, 6.45) is 6.76. The van der Waals surface area contributed by atoms with Gasteiger partial charge in [0.05, 0.1) is 0 Å². The molecule has 1 N–H and O–H groups in total. The van der Waals surface area contributed by atoms with Gasteiger partial charge in [0, 0.05) is 0 Å². The first-order valence-electron chi connectivity index (χ1n) is 5.47. The molecule has 6 nitrogen and oxygen atoms in total. The molecular weight excluding hydrogens is 351 g/mol. The van der Waals surface area contributed by atoms with Crippen LogP contribution in [0.2, 0.25) is 0 Å². The van der Waals surface area contributed by atoms with E-state index in [2.05, 4.69) is 14.4 Å². The second-order valence-electron chi connectivity index (χ2n) is 3.54. The zero-order valence-electron chi connectivity index (χ0n) is 9.88. The van der Waals surface area contributed by atoms with Crippen LogP contribution in [0, 0.1) is 5.92 Å². The molecule has 0 bridgehead atoms. The predicted molar refractivity (Wildman–Crippen MR) is 61.3 cm³/mol. The van der Waals surface area contributed by atoms with Crippen LogP contribution in [0.25, 0.3) is 0 Å². The summed E-state index contributed by atoms with van der Waals surface area (Å²) >= 11 is -0.843. The number of halogens is 1. The quantitative estimate of drug-likeness (QED) is 0.341. The third kappa shape index (κ3) is 3.09. The Morgan fingerprint density at radius 3 is 3.28 bits per heavy atom. The average Bonchev–Trinajstić information content (AvgIpc) is 2.74. The van der Waals surface area contributed by atoms with E-state index in [0.717, 1.165) is 12.2 Å². The summed E-state index contributed by atoms with van der Waals surface area (Å²) in [5.41, 5.74) is 0.709. The van der Waals surface area contributed by atoms with E-state index in [1.807, 2.05) is 12.2 Å². The van der Waals surface area contributed by atoms with Crippen LogP contribution in [-0.4, -0.2) is 37.0 Å². The van der Waals surface area contributed by atoms with Crippen LogP contribution in [0.5, 0.6) is 0 Å². The number of oxime groups is 1. The Kier molecular flexibility index (Phi) is 5.14. The summed E-state index contributed by atoms with van der Waals surface area (Å²) in [6.45, 7) is 0.302. The maximum atomic E-state index is 8.61. The predicted octanol–water partition coefficient (Wildman–Crippen LogP) is -2.19. The summed E-state index contributed by atoms with van der Waals surface area (Å²) in [5, 5.41) is 12.6. The van der Waals surface area contributed by atoms with Gasteiger partial charge in [-0.1, -0.05) is 0 Å². The van der Waals surface area contributed by atoms with Crippen molar-refractivity contribution in [2.24, 2.45) is 14.3 Å². The Morgan fingerprint density at radius 2 is 2.50 bits per heavy atom. The first-order chi connectivity index (χ1) is 8.86. The summed E-state index contributed by atoms with van der Waals surface area (Å²) in [6, 6.07) is 0. The minimum absolute atomic E-state index is 0.00213. The minimum atomic E-state index is -0.843. The molecule has 1 aliphatic heterocycles. The van der Waals surface area contributed by atoms with Crippen LogP contribution in [-0.2, 0) is 12.6 Å². The second kappa shape index (κ2) is 6.86. The van der Waals surface area contributed by atoms with Crippen molar-refractivity contribution in [2.45, 2.75) is 6.42 Å². The molecule has 0 aromatic carbocycles. The van der Waals surface area contributed by atoms with Gasteiger partial charge < -0.3 is 0 Å². The number of fused-ring (bicyclic) bond motifs is 1. The number of aliphatic hydroxyl groups is 1. The summed E-state index contributed by atoms with van der Waals surface area (Å²) in [4.78, 5) is 4.84. The molecule has 2 rings (SSSR count). The molecule has 18 heavy (non-hydrogen) atoms. The molecule has 1 heterocycles. The van der Waals surface area contributed by atoms with Gasteiger partial charge in [-0.2, -0.15) is 0 Å². The molecule has 0 spiro atoms. The summed E-state index contributed by atoms with van der Waals surface area (Å²) in [7, 11) is 1.50. The van der Waals surface area contributed by atoms with Crippen LogP contribution >= 0.6 is 0 Å². The van der Waals surface area contributed by atoms with Crippen LogP contribution in [0.1, 0.15) is 6.42 Å². The maximum absolute atomic E-state index is 8.61.